The van der Waals surface area contributed by atoms with Gasteiger partial charge in [0.1, 0.15) is 0 Å². The third kappa shape index (κ3) is 4.38. The topological polar surface area (TPSA) is 61.0 Å². The Balaban J connectivity index is 1.35. The molecule has 4 aliphatic carbocycles. The summed E-state index contributed by atoms with van der Waals surface area (Å²) in [4.78, 5) is 5.50. The van der Waals surface area contributed by atoms with Crippen LogP contribution in [0.1, 0.15) is 112 Å². The van der Waals surface area contributed by atoms with Gasteiger partial charge in [0.2, 0.25) is 0 Å². The molecule has 2 bridgehead atoms. The summed E-state index contributed by atoms with van der Waals surface area (Å²) >= 11 is 0. The fraction of sp³-hybridized carbons (Fsp3) is 0.815. The highest BCUT2D eigenvalue weighted by Crippen LogP contribution is 2.37. The molecule has 2 fully saturated rings. The summed E-state index contributed by atoms with van der Waals surface area (Å²) in [6.45, 7) is 2.17. The highest BCUT2D eigenvalue weighted by atomic mass is 15.1. The standard InChI is InChI=1S/C27H43N5/c1-3-11-22-20(9-1)28-15-16-29-21-10-2-4-12-23(21)31-25-14-6-8-19-17-18-7-5-13-24(30-22)26(18)32-27(19)25/h17,20-25,28-31H,1-16H2. The maximum atomic E-state index is 5.50. The minimum absolute atomic E-state index is 0.435. The first-order valence-electron chi connectivity index (χ1n) is 13.9. The fourth-order valence-electron chi connectivity index (χ4n) is 7.41. The van der Waals surface area contributed by atoms with Crippen molar-refractivity contribution in [3.8, 4) is 0 Å². The van der Waals surface area contributed by atoms with Gasteiger partial charge in [-0.05, 0) is 75.3 Å². The van der Waals surface area contributed by atoms with Crippen molar-refractivity contribution in [3.05, 3.63) is 28.6 Å². The SMILES string of the molecule is c1c2c3nc4c1CCCC4NC1CCCCC1NCCNC1CCCCC1NC3CCC2. The first-order valence-corrected chi connectivity index (χ1v) is 13.9. The molecule has 2 saturated carbocycles. The van der Waals surface area contributed by atoms with E-state index in [0.717, 1.165) is 13.1 Å². The minimum atomic E-state index is 0.435. The molecule has 1 aliphatic heterocycles. The zero-order valence-electron chi connectivity index (χ0n) is 19.8. The third-order valence-corrected chi connectivity index (χ3v) is 9.09. The van der Waals surface area contributed by atoms with Gasteiger partial charge < -0.3 is 21.3 Å². The van der Waals surface area contributed by atoms with Crippen molar-refractivity contribution in [3.63, 3.8) is 0 Å². The fourth-order valence-corrected chi connectivity index (χ4v) is 7.41. The Morgan fingerprint density at radius 1 is 0.562 bits per heavy atom. The van der Waals surface area contributed by atoms with E-state index in [-0.39, 0.29) is 0 Å². The molecule has 0 saturated heterocycles. The summed E-state index contributed by atoms with van der Waals surface area (Å²) in [6.07, 6.45) is 18.2. The molecular weight excluding hydrogens is 394 g/mol. The van der Waals surface area contributed by atoms with Crippen molar-refractivity contribution in [2.45, 2.75) is 126 Å². The molecule has 2 heterocycles. The predicted octanol–water partition coefficient (Wildman–Crippen LogP) is 3.83. The van der Waals surface area contributed by atoms with Crippen LogP contribution >= 0.6 is 0 Å². The number of aryl methyl sites for hydroxylation is 2. The Bertz CT molecular complexity index is 733. The van der Waals surface area contributed by atoms with Crippen LogP contribution in [0.4, 0.5) is 0 Å². The van der Waals surface area contributed by atoms with E-state index in [2.05, 4.69) is 27.3 Å². The second-order valence-corrected chi connectivity index (χ2v) is 11.2. The Morgan fingerprint density at radius 3 is 1.53 bits per heavy atom. The number of hydrogen-bond acceptors (Lipinski definition) is 5. The van der Waals surface area contributed by atoms with E-state index in [4.69, 9.17) is 4.98 Å². The smallest absolute Gasteiger partial charge is 0.0609 e. The number of aromatic nitrogens is 1. The average molecular weight is 438 g/mol. The van der Waals surface area contributed by atoms with Crippen molar-refractivity contribution in [1.82, 2.24) is 26.3 Å². The zero-order chi connectivity index (χ0) is 21.3. The number of pyridine rings is 1. The monoisotopic (exact) mass is 437 g/mol. The van der Waals surface area contributed by atoms with E-state index >= 15 is 0 Å². The highest BCUT2D eigenvalue weighted by molar-refractivity contribution is 5.37. The Hall–Kier alpha value is -1.01. The lowest BCUT2D eigenvalue weighted by atomic mass is 9.83. The molecule has 5 heteroatoms. The van der Waals surface area contributed by atoms with E-state index in [0.29, 0.717) is 36.3 Å². The van der Waals surface area contributed by atoms with Gasteiger partial charge in [-0.3, -0.25) is 4.98 Å². The Kier molecular flexibility index (Phi) is 6.52. The van der Waals surface area contributed by atoms with Crippen LogP contribution in [0.2, 0.25) is 0 Å². The van der Waals surface area contributed by atoms with Crippen LogP contribution in [0.25, 0.3) is 0 Å². The van der Waals surface area contributed by atoms with Gasteiger partial charge in [0, 0.05) is 37.3 Å². The summed E-state index contributed by atoms with van der Waals surface area (Å²) < 4.78 is 0. The van der Waals surface area contributed by atoms with Gasteiger partial charge in [0.15, 0.2) is 0 Å². The lowest BCUT2D eigenvalue weighted by Gasteiger charge is -2.38. The van der Waals surface area contributed by atoms with E-state index in [1.54, 1.807) is 0 Å². The zero-order valence-corrected chi connectivity index (χ0v) is 19.8. The number of rotatable bonds is 0. The van der Waals surface area contributed by atoms with Crippen LogP contribution in [0, 0.1) is 0 Å². The van der Waals surface area contributed by atoms with Crippen molar-refractivity contribution < 1.29 is 0 Å². The molecule has 5 aliphatic rings. The maximum absolute atomic E-state index is 5.50. The summed E-state index contributed by atoms with van der Waals surface area (Å²) in [5.41, 5.74) is 5.85. The molecule has 1 aromatic heterocycles. The third-order valence-electron chi connectivity index (χ3n) is 9.09. The predicted molar refractivity (Wildman–Crippen MR) is 130 cm³/mol. The number of nitrogens with zero attached hydrogens (tertiary/aromatic N) is 1. The second-order valence-electron chi connectivity index (χ2n) is 11.2. The molecular formula is C27H43N5. The quantitative estimate of drug-likeness (QED) is 0.497. The van der Waals surface area contributed by atoms with Crippen LogP contribution in [0.5, 0.6) is 0 Å². The molecule has 1 aromatic rings. The van der Waals surface area contributed by atoms with Crippen LogP contribution in [0.15, 0.2) is 6.07 Å². The lowest BCUT2D eigenvalue weighted by molar-refractivity contribution is 0.243. The molecule has 0 radical (unpaired) electrons. The molecule has 0 aromatic carbocycles. The van der Waals surface area contributed by atoms with Gasteiger partial charge in [-0.1, -0.05) is 31.7 Å². The molecule has 6 rings (SSSR count). The van der Waals surface area contributed by atoms with Crippen LogP contribution in [-0.4, -0.2) is 42.2 Å². The van der Waals surface area contributed by atoms with Crippen LogP contribution in [-0.2, 0) is 12.8 Å². The number of hydrogen-bond donors (Lipinski definition) is 4. The first-order chi connectivity index (χ1) is 15.8. The maximum Gasteiger partial charge on any atom is 0.0609 e. The summed E-state index contributed by atoms with van der Waals surface area (Å²) in [7, 11) is 0. The van der Waals surface area contributed by atoms with E-state index in [9.17, 15) is 0 Å². The number of nitrogens with one attached hydrogen (secondary N) is 4. The van der Waals surface area contributed by atoms with Gasteiger partial charge >= 0.3 is 0 Å². The molecule has 32 heavy (non-hydrogen) atoms. The first kappa shape index (κ1) is 21.5. The average Bonchev–Trinajstić information content (AvgIpc) is 2.83. The van der Waals surface area contributed by atoms with Gasteiger partial charge in [-0.15, -0.1) is 0 Å². The molecule has 0 amide bonds. The van der Waals surface area contributed by atoms with Gasteiger partial charge in [0.25, 0.3) is 0 Å². The molecule has 6 unspecified atom stereocenters. The largest absolute Gasteiger partial charge is 0.311 e. The van der Waals surface area contributed by atoms with Gasteiger partial charge in [0.05, 0.1) is 23.5 Å². The second kappa shape index (κ2) is 9.69. The molecule has 176 valence electrons. The van der Waals surface area contributed by atoms with E-state index in [1.165, 1.54) is 112 Å². The van der Waals surface area contributed by atoms with Gasteiger partial charge in [-0.25, -0.2) is 0 Å². The Morgan fingerprint density at radius 2 is 1.03 bits per heavy atom. The highest BCUT2D eigenvalue weighted by Gasteiger charge is 2.34. The van der Waals surface area contributed by atoms with Crippen molar-refractivity contribution in [2.24, 2.45) is 0 Å². The number of fused-ring (bicyclic) bond motifs is 2. The van der Waals surface area contributed by atoms with E-state index < -0.39 is 0 Å². The van der Waals surface area contributed by atoms with Crippen LogP contribution in [0.3, 0.4) is 0 Å². The van der Waals surface area contributed by atoms with Crippen LogP contribution < -0.4 is 21.3 Å². The summed E-state index contributed by atoms with van der Waals surface area (Å²) in [5.74, 6) is 0. The normalized spacial score (nSPS) is 38.0. The molecule has 5 nitrogen and oxygen atoms in total. The molecule has 4 N–H and O–H groups in total. The molecule has 6 atom stereocenters. The van der Waals surface area contributed by atoms with Crippen molar-refractivity contribution in [2.75, 3.05) is 13.1 Å². The Labute approximate surface area is 194 Å². The van der Waals surface area contributed by atoms with Gasteiger partial charge in [-0.2, -0.15) is 0 Å². The molecule has 0 spiro atoms. The van der Waals surface area contributed by atoms with E-state index in [1.807, 2.05) is 0 Å². The summed E-state index contributed by atoms with van der Waals surface area (Å²) in [5, 5.41) is 16.1. The van der Waals surface area contributed by atoms with Crippen molar-refractivity contribution in [1.29, 1.82) is 0 Å². The summed E-state index contributed by atoms with van der Waals surface area (Å²) in [6, 6.07) is 5.80. The minimum Gasteiger partial charge on any atom is -0.311 e. The lowest BCUT2D eigenvalue weighted by Crippen LogP contribution is -2.54. The van der Waals surface area contributed by atoms with Crippen molar-refractivity contribution >= 4 is 0 Å².